The molecular weight excluding hydrogens is 362 g/mol. The highest BCUT2D eigenvalue weighted by molar-refractivity contribution is 7.90. The molecule has 7 nitrogen and oxygen atoms in total. The van der Waals surface area contributed by atoms with Gasteiger partial charge in [-0.2, -0.15) is 8.61 Å². The van der Waals surface area contributed by atoms with E-state index in [-0.39, 0.29) is 22.4 Å². The van der Waals surface area contributed by atoms with Gasteiger partial charge in [0.1, 0.15) is 0 Å². The van der Waals surface area contributed by atoms with Gasteiger partial charge < -0.3 is 5.73 Å². The van der Waals surface area contributed by atoms with E-state index in [0.29, 0.717) is 31.6 Å². The van der Waals surface area contributed by atoms with Crippen LogP contribution in [-0.2, 0) is 20.0 Å². The lowest BCUT2D eigenvalue weighted by molar-refractivity contribution is 0.346. The van der Waals surface area contributed by atoms with Crippen LogP contribution in [0.25, 0.3) is 0 Å². The summed E-state index contributed by atoms with van der Waals surface area (Å²) in [5.41, 5.74) is 6.37. The Bertz CT molecular complexity index is 846. The second kappa shape index (κ2) is 6.96. The van der Waals surface area contributed by atoms with E-state index in [2.05, 4.69) is 0 Å². The van der Waals surface area contributed by atoms with Crippen molar-refractivity contribution in [1.82, 2.24) is 8.61 Å². The number of benzene rings is 1. The summed E-state index contributed by atoms with van der Waals surface area (Å²) in [6.07, 6.45) is 3.31. The third-order valence-electron chi connectivity index (χ3n) is 4.92. The monoisotopic (exact) mass is 387 g/mol. The molecule has 2 aliphatic heterocycles. The van der Waals surface area contributed by atoms with Gasteiger partial charge in [-0.3, -0.25) is 0 Å². The number of hydrogen-bond donors (Lipinski definition) is 1. The van der Waals surface area contributed by atoms with Gasteiger partial charge >= 0.3 is 0 Å². The normalized spacial score (nSPS) is 23.8. The summed E-state index contributed by atoms with van der Waals surface area (Å²) in [5, 5.41) is 0. The standard InChI is InChI=1S/C16H25N3O4S2/c1-13-5-6-15(24(20,21)18-8-3-2-4-9-18)11-16(13)25(22,23)19-10-7-14(17)12-19/h5-6,11,14H,2-4,7-10,12,17H2,1H3/t14-/m1/s1. The molecule has 0 aromatic heterocycles. The van der Waals surface area contributed by atoms with Gasteiger partial charge in [-0.05, 0) is 43.9 Å². The second-order valence-electron chi connectivity index (χ2n) is 6.80. The van der Waals surface area contributed by atoms with Crippen LogP contribution in [0, 0.1) is 6.92 Å². The molecule has 1 atom stereocenters. The van der Waals surface area contributed by atoms with Crippen LogP contribution in [0.4, 0.5) is 0 Å². The molecule has 0 aliphatic carbocycles. The van der Waals surface area contributed by atoms with Gasteiger partial charge in [0.15, 0.2) is 0 Å². The Morgan fingerprint density at radius 1 is 0.960 bits per heavy atom. The van der Waals surface area contributed by atoms with Crippen molar-refractivity contribution in [3.63, 3.8) is 0 Å². The zero-order chi connectivity index (χ0) is 18.2. The van der Waals surface area contributed by atoms with E-state index in [4.69, 9.17) is 5.73 Å². The van der Waals surface area contributed by atoms with Gasteiger partial charge in [0.2, 0.25) is 20.0 Å². The van der Waals surface area contributed by atoms with Crippen LogP contribution in [0.3, 0.4) is 0 Å². The first-order valence-corrected chi connectivity index (χ1v) is 11.5. The van der Waals surface area contributed by atoms with Crippen LogP contribution < -0.4 is 5.73 Å². The molecule has 0 amide bonds. The number of hydrogen-bond acceptors (Lipinski definition) is 5. The minimum atomic E-state index is -3.75. The SMILES string of the molecule is Cc1ccc(S(=O)(=O)N2CCCCC2)cc1S(=O)(=O)N1CC[C@@H](N)C1. The fourth-order valence-electron chi connectivity index (χ4n) is 3.38. The number of nitrogens with zero attached hydrogens (tertiary/aromatic N) is 2. The zero-order valence-corrected chi connectivity index (χ0v) is 16.0. The predicted molar refractivity (Wildman–Crippen MR) is 95.1 cm³/mol. The smallest absolute Gasteiger partial charge is 0.243 e. The van der Waals surface area contributed by atoms with Crippen molar-refractivity contribution in [2.75, 3.05) is 26.2 Å². The number of aryl methyl sites for hydroxylation is 1. The van der Waals surface area contributed by atoms with Gasteiger partial charge in [0, 0.05) is 32.2 Å². The highest BCUT2D eigenvalue weighted by Gasteiger charge is 2.33. The number of nitrogens with two attached hydrogens (primary N) is 1. The fourth-order valence-corrected chi connectivity index (χ4v) is 6.77. The molecule has 1 aromatic rings. The van der Waals surface area contributed by atoms with Crippen molar-refractivity contribution < 1.29 is 16.8 Å². The molecule has 140 valence electrons. The van der Waals surface area contributed by atoms with Crippen molar-refractivity contribution in [1.29, 1.82) is 0 Å². The molecular formula is C16H25N3O4S2. The van der Waals surface area contributed by atoms with E-state index in [1.54, 1.807) is 13.0 Å². The predicted octanol–water partition coefficient (Wildman–Crippen LogP) is 0.891. The van der Waals surface area contributed by atoms with Crippen LogP contribution in [0.5, 0.6) is 0 Å². The molecule has 0 spiro atoms. The van der Waals surface area contributed by atoms with E-state index < -0.39 is 20.0 Å². The Balaban J connectivity index is 1.98. The molecule has 0 saturated carbocycles. The second-order valence-corrected chi connectivity index (χ2v) is 10.6. The van der Waals surface area contributed by atoms with Gasteiger partial charge in [-0.15, -0.1) is 0 Å². The van der Waals surface area contributed by atoms with Gasteiger partial charge in [-0.1, -0.05) is 12.5 Å². The molecule has 2 saturated heterocycles. The summed E-state index contributed by atoms with van der Waals surface area (Å²) < 4.78 is 54.3. The summed E-state index contributed by atoms with van der Waals surface area (Å²) in [4.78, 5) is 0.0988. The van der Waals surface area contributed by atoms with E-state index in [1.807, 2.05) is 0 Å². The highest BCUT2D eigenvalue weighted by Crippen LogP contribution is 2.28. The summed E-state index contributed by atoms with van der Waals surface area (Å²) in [6.45, 7) is 3.29. The van der Waals surface area contributed by atoms with Crippen LogP contribution >= 0.6 is 0 Å². The number of piperidine rings is 1. The largest absolute Gasteiger partial charge is 0.326 e. The third kappa shape index (κ3) is 3.61. The lowest BCUT2D eigenvalue weighted by Gasteiger charge is -2.26. The molecule has 0 unspecified atom stereocenters. The quantitative estimate of drug-likeness (QED) is 0.827. The Hall–Kier alpha value is -1.00. The van der Waals surface area contributed by atoms with E-state index in [9.17, 15) is 16.8 Å². The van der Waals surface area contributed by atoms with Crippen LogP contribution in [-0.4, -0.2) is 57.7 Å². The Morgan fingerprint density at radius 2 is 1.64 bits per heavy atom. The Labute approximate surface area is 149 Å². The molecule has 25 heavy (non-hydrogen) atoms. The van der Waals surface area contributed by atoms with E-state index >= 15 is 0 Å². The maximum absolute atomic E-state index is 12.9. The molecule has 2 N–H and O–H groups in total. The molecule has 1 aromatic carbocycles. The first-order valence-electron chi connectivity index (χ1n) is 8.59. The maximum atomic E-state index is 12.9. The van der Waals surface area contributed by atoms with Gasteiger partial charge in [-0.25, -0.2) is 16.8 Å². The molecule has 2 fully saturated rings. The van der Waals surface area contributed by atoms with Crippen molar-refractivity contribution in [2.45, 2.75) is 48.4 Å². The molecule has 9 heteroatoms. The van der Waals surface area contributed by atoms with Crippen molar-refractivity contribution in [3.8, 4) is 0 Å². The van der Waals surface area contributed by atoms with Crippen LogP contribution in [0.1, 0.15) is 31.2 Å². The lowest BCUT2D eigenvalue weighted by atomic mass is 10.2. The van der Waals surface area contributed by atoms with Gasteiger partial charge in [0.05, 0.1) is 9.79 Å². The highest BCUT2D eigenvalue weighted by atomic mass is 32.2. The minimum Gasteiger partial charge on any atom is -0.326 e. The first kappa shape index (κ1) is 18.8. The number of sulfonamides is 2. The molecule has 2 heterocycles. The van der Waals surface area contributed by atoms with E-state index in [0.717, 1.165) is 19.3 Å². The Kier molecular flexibility index (Phi) is 5.23. The van der Waals surface area contributed by atoms with E-state index in [1.165, 1.54) is 20.7 Å². The Morgan fingerprint density at radius 3 is 2.24 bits per heavy atom. The van der Waals surface area contributed by atoms with Crippen molar-refractivity contribution in [3.05, 3.63) is 23.8 Å². The average molecular weight is 388 g/mol. The van der Waals surface area contributed by atoms with Crippen LogP contribution in [0.2, 0.25) is 0 Å². The van der Waals surface area contributed by atoms with Crippen LogP contribution in [0.15, 0.2) is 28.0 Å². The topological polar surface area (TPSA) is 101 Å². The van der Waals surface area contributed by atoms with Gasteiger partial charge in [0.25, 0.3) is 0 Å². The molecule has 3 rings (SSSR count). The van der Waals surface area contributed by atoms with Crippen molar-refractivity contribution in [2.24, 2.45) is 5.73 Å². The molecule has 2 aliphatic rings. The van der Waals surface area contributed by atoms with Crippen molar-refractivity contribution >= 4 is 20.0 Å². The summed E-state index contributed by atoms with van der Waals surface area (Å²) in [6, 6.07) is 4.20. The molecule has 0 radical (unpaired) electrons. The number of rotatable bonds is 4. The average Bonchev–Trinajstić information content (AvgIpc) is 3.03. The summed E-state index contributed by atoms with van der Waals surface area (Å²) in [5.74, 6) is 0. The minimum absolute atomic E-state index is 0.0436. The lowest BCUT2D eigenvalue weighted by Crippen LogP contribution is -2.36. The summed E-state index contributed by atoms with van der Waals surface area (Å²) >= 11 is 0. The zero-order valence-electron chi connectivity index (χ0n) is 14.4. The molecule has 0 bridgehead atoms. The maximum Gasteiger partial charge on any atom is 0.243 e. The third-order valence-corrected chi connectivity index (χ3v) is 8.82. The summed E-state index contributed by atoms with van der Waals surface area (Å²) in [7, 11) is -7.42. The fraction of sp³-hybridized carbons (Fsp3) is 0.625. The first-order chi connectivity index (χ1) is 11.7.